The monoisotopic (exact) mass is 443 g/mol. The molecule has 1 aliphatic rings. The highest BCUT2D eigenvalue weighted by Gasteiger charge is 2.24. The van der Waals surface area contributed by atoms with E-state index >= 15 is 0 Å². The van der Waals surface area contributed by atoms with Crippen molar-refractivity contribution in [3.8, 4) is 6.01 Å². The summed E-state index contributed by atoms with van der Waals surface area (Å²) in [4.78, 5) is 33.0. The van der Waals surface area contributed by atoms with E-state index in [-0.39, 0.29) is 11.9 Å². The minimum Gasteiger partial charge on any atom is -0.467 e. The zero-order valence-corrected chi connectivity index (χ0v) is 18.7. The van der Waals surface area contributed by atoms with Crippen molar-refractivity contribution in [2.75, 3.05) is 30.4 Å². The minimum absolute atomic E-state index is 0.219. The van der Waals surface area contributed by atoms with Gasteiger partial charge in [-0.2, -0.15) is 4.98 Å². The number of carbonyl (C=O) groups is 1. The number of anilines is 2. The topological polar surface area (TPSA) is 105 Å². The van der Waals surface area contributed by atoms with Crippen molar-refractivity contribution in [3.63, 3.8) is 0 Å². The number of hydrogen-bond acceptors (Lipinski definition) is 8. The molecule has 9 heteroatoms. The van der Waals surface area contributed by atoms with Gasteiger partial charge in [-0.1, -0.05) is 0 Å². The molecule has 2 N–H and O–H groups in total. The molecule has 1 amide bonds. The van der Waals surface area contributed by atoms with Crippen LogP contribution in [0.1, 0.15) is 24.2 Å². The summed E-state index contributed by atoms with van der Waals surface area (Å²) in [5.41, 5.74) is 4.12. The second kappa shape index (κ2) is 8.59. The fourth-order valence-corrected chi connectivity index (χ4v) is 4.41. The summed E-state index contributed by atoms with van der Waals surface area (Å²) < 4.78 is 5.25. The molecular formula is C24H25N7O2. The second-order valence-corrected chi connectivity index (χ2v) is 8.34. The van der Waals surface area contributed by atoms with Crippen molar-refractivity contribution in [3.05, 3.63) is 54.5 Å². The Balaban J connectivity index is 1.53. The van der Waals surface area contributed by atoms with E-state index in [0.717, 1.165) is 29.7 Å². The maximum Gasteiger partial charge on any atom is 0.316 e. The number of nitrogens with zero attached hydrogens (tertiary/aromatic N) is 5. The van der Waals surface area contributed by atoms with Gasteiger partial charge in [0.2, 0.25) is 0 Å². The Labute approximate surface area is 191 Å². The lowest BCUT2D eigenvalue weighted by Gasteiger charge is -2.38. The average Bonchev–Trinajstić information content (AvgIpc) is 2.82. The van der Waals surface area contributed by atoms with Gasteiger partial charge in [0.1, 0.15) is 0 Å². The Morgan fingerprint density at radius 3 is 2.58 bits per heavy atom. The minimum atomic E-state index is -0.266. The number of benzene rings is 2. The lowest BCUT2D eigenvalue weighted by molar-refractivity contribution is 0.102. The van der Waals surface area contributed by atoms with E-state index in [2.05, 4.69) is 49.3 Å². The maximum atomic E-state index is 13.3. The number of aromatic nitrogens is 4. The fraction of sp³-hybridized carbons (Fsp3) is 0.292. The van der Waals surface area contributed by atoms with Gasteiger partial charge in [-0.15, -0.1) is 0 Å². The molecule has 0 saturated carbocycles. The summed E-state index contributed by atoms with van der Waals surface area (Å²) in [5, 5.41) is 7.32. The van der Waals surface area contributed by atoms with E-state index in [1.807, 2.05) is 24.3 Å². The molecule has 3 heterocycles. The van der Waals surface area contributed by atoms with Crippen molar-refractivity contribution >= 4 is 39.2 Å². The predicted molar refractivity (Wildman–Crippen MR) is 128 cm³/mol. The number of rotatable bonds is 4. The number of hydrogen-bond donors (Lipinski definition) is 2. The molecule has 1 saturated heterocycles. The Morgan fingerprint density at radius 2 is 1.82 bits per heavy atom. The standard InChI is InChI=1S/C24H25N7O2/c1-14-12-31(13-15(2)28-14)21-7-5-17(22-18(21)11-27-24(30-22)33-3)23(32)29-16-4-6-19-20(10-16)26-9-8-25-19/h4-11,14-15,28H,12-13H2,1-3H3,(H,29,32)/t14-,15+. The molecule has 0 aliphatic carbocycles. The summed E-state index contributed by atoms with van der Waals surface area (Å²) in [6.45, 7) is 6.05. The number of methoxy groups -OCH3 is 1. The number of carbonyl (C=O) groups excluding carboxylic acids is 1. The quantitative estimate of drug-likeness (QED) is 0.496. The van der Waals surface area contributed by atoms with Gasteiger partial charge < -0.3 is 20.3 Å². The molecule has 0 bridgehead atoms. The molecule has 1 aliphatic heterocycles. The maximum absolute atomic E-state index is 13.3. The van der Waals surface area contributed by atoms with Gasteiger partial charge in [0, 0.05) is 60.5 Å². The third-order valence-corrected chi connectivity index (χ3v) is 5.76. The molecule has 33 heavy (non-hydrogen) atoms. The normalized spacial score (nSPS) is 18.5. The van der Waals surface area contributed by atoms with Crippen LogP contribution in [-0.2, 0) is 0 Å². The summed E-state index contributed by atoms with van der Waals surface area (Å²) in [7, 11) is 1.51. The largest absolute Gasteiger partial charge is 0.467 e. The first-order valence-electron chi connectivity index (χ1n) is 10.9. The van der Waals surface area contributed by atoms with E-state index in [1.54, 1.807) is 24.7 Å². The molecule has 168 valence electrons. The number of nitrogens with one attached hydrogen (secondary N) is 2. The zero-order chi connectivity index (χ0) is 22.9. The van der Waals surface area contributed by atoms with Gasteiger partial charge in [-0.25, -0.2) is 4.98 Å². The second-order valence-electron chi connectivity index (χ2n) is 8.34. The van der Waals surface area contributed by atoms with Gasteiger partial charge in [-0.3, -0.25) is 14.8 Å². The van der Waals surface area contributed by atoms with Gasteiger partial charge in [-0.05, 0) is 44.2 Å². The molecular weight excluding hydrogens is 418 g/mol. The van der Waals surface area contributed by atoms with E-state index in [4.69, 9.17) is 4.74 Å². The average molecular weight is 444 g/mol. The fourth-order valence-electron chi connectivity index (χ4n) is 4.41. The van der Waals surface area contributed by atoms with Crippen LogP contribution in [0.15, 0.2) is 48.9 Å². The highest BCUT2D eigenvalue weighted by molar-refractivity contribution is 6.14. The van der Waals surface area contributed by atoms with Crippen LogP contribution < -0.4 is 20.3 Å². The molecule has 2 aromatic carbocycles. The number of fused-ring (bicyclic) bond motifs is 2. The van der Waals surface area contributed by atoms with Crippen LogP contribution in [0.3, 0.4) is 0 Å². The number of amides is 1. The van der Waals surface area contributed by atoms with Gasteiger partial charge >= 0.3 is 6.01 Å². The summed E-state index contributed by atoms with van der Waals surface area (Å²) >= 11 is 0. The van der Waals surface area contributed by atoms with Crippen LogP contribution in [0.5, 0.6) is 6.01 Å². The highest BCUT2D eigenvalue weighted by Crippen LogP contribution is 2.31. The zero-order valence-electron chi connectivity index (χ0n) is 18.7. The molecule has 9 nitrogen and oxygen atoms in total. The lowest BCUT2D eigenvalue weighted by Crippen LogP contribution is -2.54. The Hall–Kier alpha value is -3.85. The lowest BCUT2D eigenvalue weighted by atomic mass is 10.0. The van der Waals surface area contributed by atoms with Crippen LogP contribution >= 0.6 is 0 Å². The Kier molecular flexibility index (Phi) is 5.47. The van der Waals surface area contributed by atoms with Crippen LogP contribution in [0.4, 0.5) is 11.4 Å². The Morgan fingerprint density at radius 1 is 1.06 bits per heavy atom. The van der Waals surface area contributed by atoms with Crippen molar-refractivity contribution < 1.29 is 9.53 Å². The van der Waals surface area contributed by atoms with E-state index in [1.165, 1.54) is 7.11 Å². The summed E-state index contributed by atoms with van der Waals surface area (Å²) in [6, 6.07) is 10.2. The molecule has 0 spiro atoms. The van der Waals surface area contributed by atoms with Crippen LogP contribution in [0.25, 0.3) is 21.9 Å². The molecule has 5 rings (SSSR count). The number of ether oxygens (including phenoxy) is 1. The molecule has 0 unspecified atom stereocenters. The van der Waals surface area contributed by atoms with Gasteiger partial charge in [0.15, 0.2) is 0 Å². The predicted octanol–water partition coefficient (Wildman–Crippen LogP) is 3.02. The van der Waals surface area contributed by atoms with E-state index < -0.39 is 0 Å². The highest BCUT2D eigenvalue weighted by atomic mass is 16.5. The van der Waals surface area contributed by atoms with E-state index in [0.29, 0.717) is 34.4 Å². The van der Waals surface area contributed by atoms with E-state index in [9.17, 15) is 4.79 Å². The number of piperazine rings is 1. The van der Waals surface area contributed by atoms with Crippen LogP contribution in [0.2, 0.25) is 0 Å². The van der Waals surface area contributed by atoms with Crippen molar-refractivity contribution in [2.24, 2.45) is 0 Å². The molecule has 2 aromatic heterocycles. The van der Waals surface area contributed by atoms with Gasteiger partial charge in [0.05, 0.1) is 29.2 Å². The van der Waals surface area contributed by atoms with Crippen LogP contribution in [-0.4, -0.2) is 58.1 Å². The summed E-state index contributed by atoms with van der Waals surface area (Å²) in [6.07, 6.45) is 5.00. The first-order valence-corrected chi connectivity index (χ1v) is 10.9. The SMILES string of the molecule is COc1ncc2c(N3C[C@@H](C)N[C@@H](C)C3)ccc(C(=O)Nc3ccc4nccnc4c3)c2n1. The first-order chi connectivity index (χ1) is 16.0. The van der Waals surface area contributed by atoms with Crippen LogP contribution in [0, 0.1) is 0 Å². The third kappa shape index (κ3) is 4.14. The summed E-state index contributed by atoms with van der Waals surface area (Å²) in [5.74, 6) is -0.266. The van der Waals surface area contributed by atoms with Gasteiger partial charge in [0.25, 0.3) is 5.91 Å². The molecule has 2 atom stereocenters. The third-order valence-electron chi connectivity index (χ3n) is 5.76. The first kappa shape index (κ1) is 21.0. The molecule has 0 radical (unpaired) electrons. The van der Waals surface area contributed by atoms with Crippen molar-refractivity contribution in [1.82, 2.24) is 25.3 Å². The van der Waals surface area contributed by atoms with Crippen molar-refractivity contribution in [1.29, 1.82) is 0 Å². The molecule has 4 aromatic rings. The van der Waals surface area contributed by atoms with Crippen molar-refractivity contribution in [2.45, 2.75) is 25.9 Å². The molecule has 1 fully saturated rings. The Bertz CT molecular complexity index is 1330. The smallest absolute Gasteiger partial charge is 0.316 e.